The van der Waals surface area contributed by atoms with Crippen LogP contribution in [0.25, 0.3) is 0 Å². The summed E-state index contributed by atoms with van der Waals surface area (Å²) < 4.78 is 5.25. The quantitative estimate of drug-likeness (QED) is 0.706. The van der Waals surface area contributed by atoms with Crippen LogP contribution in [0.5, 0.6) is 0 Å². The van der Waals surface area contributed by atoms with E-state index in [2.05, 4.69) is 10.2 Å². The molecule has 0 atom stereocenters. The number of carbonyl (C=O) groups excluding carboxylic acids is 1. The molecule has 0 aliphatic carbocycles. The number of piperidine rings is 2. The van der Waals surface area contributed by atoms with Crippen molar-refractivity contribution in [3.8, 4) is 0 Å². The SMILES string of the molecule is CC(=O)OC1CCN(C2CCNCC2)CC1. The second-order valence-corrected chi connectivity index (χ2v) is 4.83. The summed E-state index contributed by atoms with van der Waals surface area (Å²) in [5.74, 6) is -0.139. The van der Waals surface area contributed by atoms with Gasteiger partial charge in [-0.05, 0) is 38.8 Å². The van der Waals surface area contributed by atoms with Gasteiger partial charge in [-0.1, -0.05) is 0 Å². The third-order valence-electron chi connectivity index (χ3n) is 3.63. The molecule has 0 radical (unpaired) electrons. The van der Waals surface area contributed by atoms with E-state index in [1.165, 1.54) is 19.8 Å². The van der Waals surface area contributed by atoms with Crippen molar-refractivity contribution in [2.75, 3.05) is 26.2 Å². The average Bonchev–Trinajstić information content (AvgIpc) is 2.30. The second kappa shape index (κ2) is 5.64. The number of carbonyl (C=O) groups is 1. The van der Waals surface area contributed by atoms with E-state index in [-0.39, 0.29) is 12.1 Å². The lowest BCUT2D eigenvalue weighted by atomic mass is 10.00. The monoisotopic (exact) mass is 226 g/mol. The maximum Gasteiger partial charge on any atom is 0.302 e. The van der Waals surface area contributed by atoms with Crippen LogP contribution in [0.4, 0.5) is 0 Å². The molecule has 0 bridgehead atoms. The summed E-state index contributed by atoms with van der Waals surface area (Å²) in [6.45, 7) is 5.97. The van der Waals surface area contributed by atoms with Gasteiger partial charge in [-0.25, -0.2) is 0 Å². The van der Waals surface area contributed by atoms with E-state index in [1.54, 1.807) is 0 Å². The van der Waals surface area contributed by atoms with Gasteiger partial charge >= 0.3 is 5.97 Å². The van der Waals surface area contributed by atoms with Crippen molar-refractivity contribution < 1.29 is 9.53 Å². The van der Waals surface area contributed by atoms with Gasteiger partial charge < -0.3 is 15.0 Å². The summed E-state index contributed by atoms with van der Waals surface area (Å²) in [7, 11) is 0. The third kappa shape index (κ3) is 3.19. The van der Waals surface area contributed by atoms with Crippen molar-refractivity contribution in [2.45, 2.75) is 44.8 Å². The zero-order chi connectivity index (χ0) is 11.4. The predicted octanol–water partition coefficient (Wildman–Crippen LogP) is 0.766. The molecule has 2 aliphatic heterocycles. The summed E-state index contributed by atoms with van der Waals surface area (Å²) in [5, 5.41) is 3.39. The highest BCUT2D eigenvalue weighted by molar-refractivity contribution is 5.66. The summed E-state index contributed by atoms with van der Waals surface area (Å²) in [6.07, 6.45) is 4.69. The van der Waals surface area contributed by atoms with Gasteiger partial charge in [0.15, 0.2) is 0 Å². The molecule has 2 fully saturated rings. The van der Waals surface area contributed by atoms with Crippen LogP contribution < -0.4 is 5.32 Å². The van der Waals surface area contributed by atoms with Crippen molar-refractivity contribution in [1.29, 1.82) is 0 Å². The first-order chi connectivity index (χ1) is 7.75. The lowest BCUT2D eigenvalue weighted by Crippen LogP contribution is -2.47. The molecular weight excluding hydrogens is 204 g/mol. The fourth-order valence-corrected chi connectivity index (χ4v) is 2.77. The van der Waals surface area contributed by atoms with Gasteiger partial charge in [-0.15, -0.1) is 0 Å². The number of nitrogens with zero attached hydrogens (tertiary/aromatic N) is 1. The molecule has 4 nitrogen and oxygen atoms in total. The average molecular weight is 226 g/mol. The van der Waals surface area contributed by atoms with Gasteiger partial charge in [-0.3, -0.25) is 4.79 Å². The molecule has 0 unspecified atom stereocenters. The Balaban J connectivity index is 1.73. The fourth-order valence-electron chi connectivity index (χ4n) is 2.77. The Morgan fingerprint density at radius 2 is 1.81 bits per heavy atom. The second-order valence-electron chi connectivity index (χ2n) is 4.83. The largest absolute Gasteiger partial charge is 0.462 e. The molecule has 0 aromatic carbocycles. The van der Waals surface area contributed by atoms with Gasteiger partial charge in [0.05, 0.1) is 0 Å². The normalized spacial score (nSPS) is 25.6. The maximum absolute atomic E-state index is 10.9. The Bertz CT molecular complexity index is 231. The van der Waals surface area contributed by atoms with E-state index in [0.29, 0.717) is 0 Å². The summed E-state index contributed by atoms with van der Waals surface area (Å²) in [6, 6.07) is 0.750. The molecule has 4 heteroatoms. The van der Waals surface area contributed by atoms with E-state index in [1.807, 2.05) is 0 Å². The molecule has 1 N–H and O–H groups in total. The minimum Gasteiger partial charge on any atom is -0.462 e. The molecule has 0 spiro atoms. The van der Waals surface area contributed by atoms with Crippen molar-refractivity contribution in [1.82, 2.24) is 10.2 Å². The van der Waals surface area contributed by atoms with Crippen molar-refractivity contribution in [3.63, 3.8) is 0 Å². The highest BCUT2D eigenvalue weighted by atomic mass is 16.5. The topological polar surface area (TPSA) is 41.6 Å². The third-order valence-corrected chi connectivity index (χ3v) is 3.63. The van der Waals surface area contributed by atoms with Crippen LogP contribution in [0.1, 0.15) is 32.6 Å². The first-order valence-electron chi connectivity index (χ1n) is 6.37. The number of hydrogen-bond acceptors (Lipinski definition) is 4. The van der Waals surface area contributed by atoms with E-state index in [9.17, 15) is 4.79 Å². The van der Waals surface area contributed by atoms with Crippen LogP contribution >= 0.6 is 0 Å². The highest BCUT2D eigenvalue weighted by Gasteiger charge is 2.27. The molecule has 0 saturated carbocycles. The predicted molar refractivity (Wildman–Crippen MR) is 62.3 cm³/mol. The van der Waals surface area contributed by atoms with E-state index in [4.69, 9.17) is 4.74 Å². The Labute approximate surface area is 97.3 Å². The van der Waals surface area contributed by atoms with Crippen molar-refractivity contribution in [3.05, 3.63) is 0 Å². The minimum absolute atomic E-state index is 0.139. The van der Waals surface area contributed by atoms with Crippen LogP contribution in [-0.2, 0) is 9.53 Å². The van der Waals surface area contributed by atoms with Gasteiger partial charge in [0, 0.05) is 26.1 Å². The first-order valence-corrected chi connectivity index (χ1v) is 6.37. The molecule has 2 aliphatic rings. The van der Waals surface area contributed by atoms with E-state index >= 15 is 0 Å². The molecule has 2 rings (SSSR count). The Kier molecular flexibility index (Phi) is 4.18. The number of hydrogen-bond donors (Lipinski definition) is 1. The number of esters is 1. The number of rotatable bonds is 2. The van der Waals surface area contributed by atoms with Crippen molar-refractivity contribution >= 4 is 5.97 Å². The summed E-state index contributed by atoms with van der Waals surface area (Å²) >= 11 is 0. The van der Waals surface area contributed by atoms with Gasteiger partial charge in [0.1, 0.15) is 6.10 Å². The maximum atomic E-state index is 10.9. The Morgan fingerprint density at radius 3 is 2.38 bits per heavy atom. The fraction of sp³-hybridized carbons (Fsp3) is 0.917. The molecule has 16 heavy (non-hydrogen) atoms. The lowest BCUT2D eigenvalue weighted by molar-refractivity contribution is -0.148. The van der Waals surface area contributed by atoms with Crippen LogP contribution in [0, 0.1) is 0 Å². The Hall–Kier alpha value is -0.610. The van der Waals surface area contributed by atoms with Crippen molar-refractivity contribution in [2.24, 2.45) is 0 Å². The smallest absolute Gasteiger partial charge is 0.302 e. The minimum atomic E-state index is -0.139. The van der Waals surface area contributed by atoms with Crippen LogP contribution in [0.3, 0.4) is 0 Å². The molecule has 0 aromatic rings. The van der Waals surface area contributed by atoms with Gasteiger partial charge in [0.2, 0.25) is 0 Å². The van der Waals surface area contributed by atoms with Crippen LogP contribution in [0.2, 0.25) is 0 Å². The standard InChI is InChI=1S/C12H22N2O2/c1-10(15)16-12-4-8-14(9-5-12)11-2-6-13-7-3-11/h11-13H,2-9H2,1H3. The van der Waals surface area contributed by atoms with Crippen LogP contribution in [0.15, 0.2) is 0 Å². The van der Waals surface area contributed by atoms with Gasteiger partial charge in [0.25, 0.3) is 0 Å². The molecule has 92 valence electrons. The molecule has 0 amide bonds. The summed E-state index contributed by atoms with van der Waals surface area (Å²) in [4.78, 5) is 13.4. The molecule has 0 aromatic heterocycles. The molecular formula is C12H22N2O2. The molecule has 2 saturated heterocycles. The number of ether oxygens (including phenoxy) is 1. The van der Waals surface area contributed by atoms with Gasteiger partial charge in [-0.2, -0.15) is 0 Å². The number of likely N-dealkylation sites (tertiary alicyclic amines) is 1. The lowest BCUT2D eigenvalue weighted by Gasteiger charge is -2.39. The molecule has 2 heterocycles. The Morgan fingerprint density at radius 1 is 1.19 bits per heavy atom. The number of nitrogens with one attached hydrogen (secondary N) is 1. The van der Waals surface area contributed by atoms with E-state index < -0.39 is 0 Å². The van der Waals surface area contributed by atoms with Crippen LogP contribution in [-0.4, -0.2) is 49.2 Å². The highest BCUT2D eigenvalue weighted by Crippen LogP contribution is 2.20. The zero-order valence-corrected chi connectivity index (χ0v) is 10.1. The zero-order valence-electron chi connectivity index (χ0n) is 10.1. The van der Waals surface area contributed by atoms with E-state index in [0.717, 1.165) is 45.1 Å². The summed E-state index contributed by atoms with van der Waals surface area (Å²) in [5.41, 5.74) is 0. The first kappa shape index (κ1) is 11.9.